The van der Waals surface area contributed by atoms with Crippen molar-refractivity contribution in [3.63, 3.8) is 0 Å². The van der Waals surface area contributed by atoms with Crippen LogP contribution in [-0.2, 0) is 71.5 Å². The average molecular weight is 1830 g/mol. The highest BCUT2D eigenvalue weighted by Crippen LogP contribution is 2.31. The lowest BCUT2D eigenvalue weighted by molar-refractivity contribution is -0.146. The fraction of sp³-hybridized carbons (Fsp3) is 0.769. The number of aldehydes is 1. The number of ether oxygens (including phenoxy) is 8. The molecule has 35 nitrogen and oxygen atoms in total. The lowest BCUT2D eigenvalue weighted by atomic mass is 9.88. The maximum Gasteiger partial charge on any atom is 0.408 e. The molecule has 734 valence electrons. The second-order valence-corrected chi connectivity index (χ2v) is 42.1. The van der Waals surface area contributed by atoms with Crippen LogP contribution in [-0.4, -0.2) is 231 Å². The van der Waals surface area contributed by atoms with Crippen molar-refractivity contribution in [2.45, 2.75) is 335 Å². The van der Waals surface area contributed by atoms with E-state index in [9.17, 15) is 62.3 Å². The smallest absolute Gasteiger partial charge is 0.408 e. The van der Waals surface area contributed by atoms with Crippen molar-refractivity contribution >= 4 is 101 Å². The van der Waals surface area contributed by atoms with Crippen molar-refractivity contribution in [1.29, 1.82) is 0 Å². The predicted octanol–water partition coefficient (Wildman–Crippen LogP) is 12.4. The number of halogens is 1. The number of aromatic carboxylic acids is 1. The number of aliphatic hydroxyl groups is 1. The van der Waals surface area contributed by atoms with Crippen molar-refractivity contribution in [3.05, 3.63) is 30.0 Å². The maximum absolute atomic E-state index is 12.2. The molecule has 1 aromatic heterocycles. The lowest BCUT2D eigenvalue weighted by Gasteiger charge is -2.30. The van der Waals surface area contributed by atoms with E-state index < -0.39 is 94.8 Å². The van der Waals surface area contributed by atoms with Crippen LogP contribution in [0.25, 0.3) is 10.9 Å². The molecule has 11 atom stereocenters. The van der Waals surface area contributed by atoms with Gasteiger partial charge in [-0.2, -0.15) is 0 Å². The number of hydrogen-bond acceptors (Lipinski definition) is 26. The van der Waals surface area contributed by atoms with Crippen molar-refractivity contribution in [1.82, 2.24) is 47.5 Å². The first-order valence-electron chi connectivity index (χ1n) is 43.3. The highest BCUT2D eigenvalue weighted by molar-refractivity contribution is 5.96. The van der Waals surface area contributed by atoms with E-state index in [0.717, 1.165) is 42.9 Å². The number of nitrogens with one attached hydrogen (secondary N) is 9. The van der Waals surface area contributed by atoms with Crippen LogP contribution < -0.4 is 58.7 Å². The molecule has 0 radical (unpaired) electrons. The zero-order valence-corrected chi connectivity index (χ0v) is 83.0. The van der Waals surface area contributed by atoms with Gasteiger partial charge in [0.15, 0.2) is 0 Å². The molecule has 127 heavy (non-hydrogen) atoms. The number of fused-ring (bicyclic) bond motifs is 1. The van der Waals surface area contributed by atoms with Gasteiger partial charge in [0.05, 0.1) is 53.0 Å². The van der Waals surface area contributed by atoms with E-state index in [2.05, 4.69) is 115 Å². The number of ketones is 1. The van der Waals surface area contributed by atoms with Crippen molar-refractivity contribution in [2.75, 3.05) is 67.8 Å². The Bertz CT molecular complexity index is 3700. The molecule has 1 aliphatic carbocycles. The van der Waals surface area contributed by atoms with Crippen LogP contribution in [0.5, 0.6) is 5.75 Å². The topological polar surface area (TPSA) is 521 Å². The Hall–Kier alpha value is -8.64. The normalized spacial score (nSPS) is 17.1. The lowest BCUT2D eigenvalue weighted by Crippen LogP contribution is -2.50. The molecule has 2 saturated heterocycles. The number of aromatic amines is 1. The van der Waals surface area contributed by atoms with Gasteiger partial charge < -0.3 is 117 Å². The van der Waals surface area contributed by atoms with Gasteiger partial charge in [-0.3, -0.25) is 28.8 Å². The number of amides is 6. The summed E-state index contributed by atoms with van der Waals surface area (Å²) in [5.74, 6) is -2.80. The molecule has 5 rings (SSSR count). The first-order valence-corrected chi connectivity index (χ1v) is 43.3. The van der Waals surface area contributed by atoms with Crippen LogP contribution in [0.15, 0.2) is 24.3 Å². The van der Waals surface area contributed by atoms with Gasteiger partial charge in [0.2, 0.25) is 11.8 Å². The summed E-state index contributed by atoms with van der Waals surface area (Å²) in [6, 6.07) is 3.84. The van der Waals surface area contributed by atoms with Gasteiger partial charge >= 0.3 is 54.2 Å². The van der Waals surface area contributed by atoms with Crippen LogP contribution >= 0.6 is 12.4 Å². The van der Waals surface area contributed by atoms with E-state index in [1.54, 1.807) is 60.8 Å². The summed E-state index contributed by atoms with van der Waals surface area (Å²) in [5, 5.41) is 50.1. The van der Waals surface area contributed by atoms with Crippen molar-refractivity contribution in [2.24, 2.45) is 62.2 Å². The Morgan fingerprint density at radius 3 is 1.31 bits per heavy atom. The number of carboxylic acids is 2. The quantitative estimate of drug-likeness (QED) is 0.0196. The number of Topliss-reactive ketones (excluding diaryl/α,β-unsaturated/α-hetero) is 1. The fourth-order valence-electron chi connectivity index (χ4n) is 13.2. The van der Waals surface area contributed by atoms with Gasteiger partial charge in [0.1, 0.15) is 64.0 Å². The Kier molecular flexibility index (Phi) is 54.7. The Morgan fingerprint density at radius 2 is 0.937 bits per heavy atom. The first kappa shape index (κ1) is 122. The molecule has 3 fully saturated rings. The minimum absolute atomic E-state index is 0. The van der Waals surface area contributed by atoms with Crippen LogP contribution in [0.4, 0.5) is 19.2 Å². The number of carbonyl (C=O) groups is 13. The van der Waals surface area contributed by atoms with Crippen molar-refractivity contribution in [3.8, 4) is 5.75 Å². The van der Waals surface area contributed by atoms with E-state index in [0.29, 0.717) is 102 Å². The molecule has 2 aliphatic heterocycles. The molecule has 3 aliphatic rings. The standard InChI is InChI=1S/C20H37N3O5.C17H32N2O3.C12H23NO4.C12H25NO3.C12H23NO3.C10H9NO3.C8H14N2O3.ClH/c1-19(2,3)11-14(23-18(26)28-20(4,5)6)12-22-15(17(25)27-7)10-13-8-9-21-16(13)24;1-17(2,3)9-14(18)11-19-10-13(16(21)22-4)8-12-6-5-7-15(12)20;1-11(2,3)7-8(9(14)15)13-10(16)17-12(4,5)6;2*1-11(2,3)7-9(8-14)13-10(15)16-12(4,5)6;1-14-9-4-2-3-7-6(9)5-8(11-7)10(12)13;1-13-8(12)6(9)4-5-2-3-10-7(5)11;/h13-15,22H,8-12H2,1-7H3,(H,21,24)(H,23,26);12-14,19H,5-11,18H2,1-4H3;8H,7H2,1-6H3,(H,13,16)(H,14,15);9,14H,7-8H2,1-6H3,(H,13,15);8-9H,7H2,1-6H3,(H,13,15);2-5,11H,1H3,(H,12,13);5-6H,2-4,9H2,1H3,(H,10,11);1H/t13-,14-,15-;12-,13+,14-;8-;2*9-;;5-,6-;/m00000.0./s1. The molecule has 36 heteroatoms. The van der Waals surface area contributed by atoms with Gasteiger partial charge in [0.25, 0.3) is 0 Å². The molecule has 16 N–H and O–H groups in total. The SMILES string of the molecule is CC(C)(C)C[C@@H](C=O)NC(=O)OC(C)(C)C.CC(C)(C)C[C@@H](CO)NC(=O)OC(C)(C)C.CC(C)(C)C[C@H](NC(=O)OC(C)(C)C)C(=O)O.COC(=O)[C@@H](CNC[C@@H](N)CC(C)(C)C)C[C@@H]1CCCC1=O.COC(=O)[C@@H](N)C[C@@H]1CCNC1=O.COC(=O)[C@H](C[C@@H]1CCNC1=O)NC[C@H](CC(C)(C)C)NC(=O)OC(C)(C)C.COc1cccc2[nH]c(C(=O)O)cc12.Cl. The molecule has 2 aromatic rings. The molecule has 0 bridgehead atoms. The number of rotatable bonds is 30. The third-order valence-electron chi connectivity index (χ3n) is 18.1. The fourth-order valence-corrected chi connectivity index (χ4v) is 13.2. The van der Waals surface area contributed by atoms with Crippen LogP contribution in [0.1, 0.15) is 281 Å². The number of carboxylic acid groups (broad SMARTS) is 2. The second kappa shape index (κ2) is 56.7. The first-order chi connectivity index (χ1) is 57.4. The van der Waals surface area contributed by atoms with E-state index in [1.807, 2.05) is 95.2 Å². The summed E-state index contributed by atoms with van der Waals surface area (Å²) >= 11 is 0. The number of alkyl carbamates (subject to hydrolysis) is 4. The molecule has 0 spiro atoms. The van der Waals surface area contributed by atoms with E-state index in [-0.39, 0.29) is 111 Å². The molecule has 3 heterocycles. The summed E-state index contributed by atoms with van der Waals surface area (Å²) in [6.07, 6.45) is 7.08. The zero-order chi connectivity index (χ0) is 98.1. The number of aliphatic carboxylic acids is 1. The number of H-pyrrole nitrogens is 1. The molecular formula is C91H164ClN11O24. The summed E-state index contributed by atoms with van der Waals surface area (Å²) in [6.45, 7) is 54.9. The molecule has 1 saturated carbocycles. The third-order valence-corrected chi connectivity index (χ3v) is 18.1. The zero-order valence-electron chi connectivity index (χ0n) is 82.2. The van der Waals surface area contributed by atoms with Gasteiger partial charge in [0, 0.05) is 79.9 Å². The van der Waals surface area contributed by atoms with Gasteiger partial charge in [-0.15, -0.1) is 12.4 Å². The predicted molar refractivity (Wildman–Crippen MR) is 491 cm³/mol. The van der Waals surface area contributed by atoms with E-state index in [4.69, 9.17) is 59.9 Å². The van der Waals surface area contributed by atoms with Crippen molar-refractivity contribution < 1.29 is 116 Å². The second-order valence-electron chi connectivity index (χ2n) is 42.1. The summed E-state index contributed by atoms with van der Waals surface area (Å²) in [4.78, 5) is 152. The monoisotopic (exact) mass is 1830 g/mol. The average Bonchev–Trinajstić information content (AvgIpc) is 1.67. The number of aliphatic hydroxyl groups excluding tert-OH is 1. The van der Waals surface area contributed by atoms with Gasteiger partial charge in [-0.25, -0.2) is 28.8 Å². The van der Waals surface area contributed by atoms with Gasteiger partial charge in [-0.1, -0.05) is 110 Å². The number of methoxy groups -OCH3 is 4. The van der Waals surface area contributed by atoms with Gasteiger partial charge in [-0.05, 0) is 205 Å². The molecular weight excluding hydrogens is 1670 g/mol. The number of hydrogen-bond donors (Lipinski definition) is 14. The highest BCUT2D eigenvalue weighted by atomic mass is 35.5. The Labute approximate surface area is 761 Å². The largest absolute Gasteiger partial charge is 0.496 e. The van der Waals surface area contributed by atoms with E-state index in [1.165, 1.54) is 21.3 Å². The molecule has 1 aromatic carbocycles. The summed E-state index contributed by atoms with van der Waals surface area (Å²) in [7, 11) is 5.58. The number of esters is 3. The minimum Gasteiger partial charge on any atom is -0.496 e. The number of carbonyl (C=O) groups excluding carboxylic acids is 11. The Morgan fingerprint density at radius 1 is 0.504 bits per heavy atom. The number of nitrogens with two attached hydrogens (primary N) is 2. The summed E-state index contributed by atoms with van der Waals surface area (Å²) in [5.41, 5.74) is 10.3. The number of benzene rings is 1. The van der Waals surface area contributed by atoms with E-state index >= 15 is 0 Å². The van der Waals surface area contributed by atoms with Crippen LogP contribution in [0.3, 0.4) is 0 Å². The maximum atomic E-state index is 12.2. The minimum atomic E-state index is -1.05. The van der Waals surface area contributed by atoms with Crippen LogP contribution in [0.2, 0.25) is 0 Å². The highest BCUT2D eigenvalue weighted by Gasteiger charge is 2.36. The third kappa shape index (κ3) is 61.5. The molecule has 6 amide bonds. The number of aromatic nitrogens is 1. The van der Waals surface area contributed by atoms with Crippen LogP contribution in [0, 0.1) is 50.7 Å². The molecule has 0 unspecified atom stereocenters. The Balaban J connectivity index is -0.00000143. The summed E-state index contributed by atoms with van der Waals surface area (Å²) < 4.78 is 39.9.